The number of amides is 1. The number of likely N-dealkylation sites (tertiary alicyclic amines) is 1. The molecule has 0 bridgehead atoms. The van der Waals surface area contributed by atoms with Crippen LogP contribution in [0.5, 0.6) is 23.3 Å². The number of oxazole rings is 2. The number of pyridine rings is 2. The molecule has 89 heavy (non-hydrogen) atoms. The highest BCUT2D eigenvalue weighted by molar-refractivity contribution is 5.91. The van der Waals surface area contributed by atoms with Crippen molar-refractivity contribution in [3.05, 3.63) is 133 Å². The van der Waals surface area contributed by atoms with Gasteiger partial charge in [-0.1, -0.05) is 0 Å². The van der Waals surface area contributed by atoms with Gasteiger partial charge in [-0.05, 0) is 101 Å². The van der Waals surface area contributed by atoms with Gasteiger partial charge in [-0.25, -0.2) is 34.7 Å². The smallest absolute Gasteiger partial charge is 0.373 e. The standard InChI is InChI=1S/C31H33N9O4.C27H32N8O2.C4H3NO3/c1-38-11-13-39(14-12-38)25-4-6-28(37-30(25)42-2)36-29-16-24(34-19-35-29)21-3-5-26(22(15-21)17-32)44-23-7-9-40(10-8-23)31(41)27-18-33-20-43-27;1-34-11-13-35(14-12-34)23-4-6-25(33-27(23)36-2)32-26-16-22(30-18-31-26)19-3-5-24(20(15-19)17-28)37-21-7-9-29-10-8-21;6-4(7)3-1-5-2-8-3/h3-6,15-16,18-20,23H,7-14H2,1-2H3,(H,34,35,36,37);3-6,15-16,18,21,29H,7-14H2,1-2H3,(H,30,31,32,33);1-2H,(H,6,7). The van der Waals surface area contributed by atoms with Crippen molar-refractivity contribution >= 4 is 46.5 Å². The van der Waals surface area contributed by atoms with E-state index in [1.165, 1.54) is 25.2 Å². The largest absolute Gasteiger partial charge is 0.489 e. The Kier molecular flexibility index (Phi) is 20.6. The number of carboxylic acids is 1. The number of aromatic carboxylic acids is 1. The Morgan fingerprint density at radius 1 is 0.584 bits per heavy atom. The van der Waals surface area contributed by atoms with Crippen LogP contribution in [0.25, 0.3) is 22.5 Å². The Morgan fingerprint density at radius 2 is 1.04 bits per heavy atom. The van der Waals surface area contributed by atoms with E-state index < -0.39 is 5.97 Å². The lowest BCUT2D eigenvalue weighted by Crippen LogP contribution is -2.44. The minimum atomic E-state index is -1.09. The van der Waals surface area contributed by atoms with Crippen LogP contribution in [-0.2, 0) is 0 Å². The van der Waals surface area contributed by atoms with Crippen molar-refractivity contribution in [2.75, 3.05) is 127 Å². The molecule has 27 nitrogen and oxygen atoms in total. The Morgan fingerprint density at radius 3 is 1.46 bits per heavy atom. The number of hydrogen-bond acceptors (Lipinski definition) is 25. The number of ether oxygens (including phenoxy) is 4. The van der Waals surface area contributed by atoms with Crippen molar-refractivity contribution < 1.29 is 42.5 Å². The second kappa shape index (κ2) is 29.8. The number of rotatable bonds is 16. The molecular weight excluding hydrogens is 1140 g/mol. The molecule has 27 heteroatoms. The van der Waals surface area contributed by atoms with Crippen LogP contribution >= 0.6 is 0 Å². The fourth-order valence-corrected chi connectivity index (χ4v) is 10.3. The SMILES string of the molecule is COc1nc(Nc2cc(-c3ccc(OC4CCN(C(=O)c5cnco5)CC4)c(C#N)c3)ncn2)ccc1N1CCN(C)CC1.COc1nc(Nc2cc(-c3ccc(OC4CCNCC4)c(C#N)c3)ncn2)ccc1N1CCN(C)CC1.O=C(O)c1cnco1. The van der Waals surface area contributed by atoms with Crippen LogP contribution in [0.3, 0.4) is 0 Å². The van der Waals surface area contributed by atoms with Gasteiger partial charge in [0.1, 0.15) is 83.1 Å². The summed E-state index contributed by atoms with van der Waals surface area (Å²) in [6.07, 6.45) is 11.0. The van der Waals surface area contributed by atoms with Crippen LogP contribution in [0.1, 0.15) is 57.9 Å². The van der Waals surface area contributed by atoms with Crippen molar-refractivity contribution in [1.82, 2.24) is 59.9 Å². The number of piperidine rings is 2. The first-order chi connectivity index (χ1) is 43.4. The number of benzene rings is 2. The number of piperazine rings is 2. The average molecular weight is 1210 g/mol. The maximum atomic E-state index is 12.5. The highest BCUT2D eigenvalue weighted by atomic mass is 16.5. The molecule has 1 amide bonds. The first-order valence-corrected chi connectivity index (χ1v) is 29.0. The molecule has 10 heterocycles. The lowest BCUT2D eigenvalue weighted by atomic mass is 10.1. The van der Waals surface area contributed by atoms with Gasteiger partial charge in [0.15, 0.2) is 12.8 Å². The highest BCUT2D eigenvalue weighted by Gasteiger charge is 2.28. The molecule has 4 saturated heterocycles. The summed E-state index contributed by atoms with van der Waals surface area (Å²) < 4.78 is 33.1. The molecule has 6 aromatic heterocycles. The van der Waals surface area contributed by atoms with Crippen LogP contribution < -0.4 is 44.7 Å². The van der Waals surface area contributed by atoms with Crippen molar-refractivity contribution in [1.29, 1.82) is 10.5 Å². The predicted octanol–water partition coefficient (Wildman–Crippen LogP) is 7.00. The molecule has 460 valence electrons. The summed E-state index contributed by atoms with van der Waals surface area (Å²) in [6, 6.07) is 27.1. The summed E-state index contributed by atoms with van der Waals surface area (Å²) in [4.78, 5) is 67.5. The third kappa shape index (κ3) is 16.1. The number of nitrogens with zero attached hydrogens (tertiary/aromatic N) is 15. The predicted molar refractivity (Wildman–Crippen MR) is 328 cm³/mol. The molecule has 0 radical (unpaired) electrons. The number of methoxy groups -OCH3 is 2. The van der Waals surface area contributed by atoms with Gasteiger partial charge in [-0.2, -0.15) is 20.5 Å². The Labute approximate surface area is 513 Å². The van der Waals surface area contributed by atoms with E-state index in [1.807, 2.05) is 54.6 Å². The molecule has 12 rings (SSSR count). The lowest BCUT2D eigenvalue weighted by Gasteiger charge is -2.34. The van der Waals surface area contributed by atoms with E-state index in [4.69, 9.17) is 28.5 Å². The van der Waals surface area contributed by atoms with Gasteiger partial charge in [0.2, 0.25) is 23.3 Å². The fraction of sp³-hybridized carbons (Fsp3) is 0.355. The van der Waals surface area contributed by atoms with Crippen molar-refractivity contribution in [3.63, 3.8) is 0 Å². The zero-order chi connectivity index (χ0) is 62.1. The van der Waals surface area contributed by atoms with Crippen LogP contribution in [0, 0.1) is 22.7 Å². The lowest BCUT2D eigenvalue weighted by molar-refractivity contribution is 0.0565. The molecule has 4 aliphatic rings. The summed E-state index contributed by atoms with van der Waals surface area (Å²) in [5, 5.41) is 37.6. The normalized spacial score (nSPS) is 15.6. The number of nitrogens with one attached hydrogen (secondary N) is 3. The molecule has 4 aliphatic heterocycles. The summed E-state index contributed by atoms with van der Waals surface area (Å²) >= 11 is 0. The summed E-state index contributed by atoms with van der Waals surface area (Å²) in [5.74, 6) is 3.44. The maximum absolute atomic E-state index is 12.5. The molecule has 4 N–H and O–H groups in total. The monoisotopic (exact) mass is 1210 g/mol. The average Bonchev–Trinajstić information content (AvgIpc) is 4.36. The van der Waals surface area contributed by atoms with Gasteiger partial charge in [0.25, 0.3) is 5.91 Å². The first kappa shape index (κ1) is 61.6. The topological polar surface area (TPSA) is 321 Å². The minimum Gasteiger partial charge on any atom is -0.489 e. The second-order valence-corrected chi connectivity index (χ2v) is 21.2. The number of anilines is 6. The second-order valence-electron chi connectivity index (χ2n) is 21.2. The van der Waals surface area contributed by atoms with Crippen molar-refractivity contribution in [3.8, 4) is 57.9 Å². The Bertz CT molecular complexity index is 3740. The van der Waals surface area contributed by atoms with E-state index in [0.717, 1.165) is 113 Å². The Hall–Kier alpha value is -10.5. The van der Waals surface area contributed by atoms with Crippen molar-refractivity contribution in [2.45, 2.75) is 37.9 Å². The number of carbonyl (C=O) groups excluding carboxylic acids is 1. The van der Waals surface area contributed by atoms with Crippen LogP contribution in [0.4, 0.5) is 34.6 Å². The minimum absolute atomic E-state index is 0.117. The molecule has 8 aromatic rings. The summed E-state index contributed by atoms with van der Waals surface area (Å²) in [7, 11) is 7.52. The van der Waals surface area contributed by atoms with Gasteiger partial charge in [-0.15, -0.1) is 0 Å². The van der Waals surface area contributed by atoms with Crippen LogP contribution in [0.2, 0.25) is 0 Å². The third-order valence-electron chi connectivity index (χ3n) is 15.3. The van der Waals surface area contributed by atoms with Gasteiger partial charge in [0.05, 0.1) is 49.1 Å². The van der Waals surface area contributed by atoms with E-state index in [-0.39, 0.29) is 29.6 Å². The molecule has 0 saturated carbocycles. The van der Waals surface area contributed by atoms with Crippen LogP contribution in [0.15, 0.2) is 119 Å². The molecule has 0 spiro atoms. The number of hydrogen-bond donors (Lipinski definition) is 4. The number of likely N-dealkylation sites (N-methyl/N-ethyl adjacent to an activating group) is 2. The molecule has 0 aliphatic carbocycles. The number of carboxylic acid groups (broad SMARTS) is 1. The van der Waals surface area contributed by atoms with E-state index in [0.29, 0.717) is 95.0 Å². The van der Waals surface area contributed by atoms with Gasteiger partial charge in [0, 0.05) is 102 Å². The summed E-state index contributed by atoms with van der Waals surface area (Å²) in [6.45, 7) is 10.6. The number of carbonyl (C=O) groups is 2. The van der Waals surface area contributed by atoms with Crippen LogP contribution in [-0.4, -0.2) is 191 Å². The van der Waals surface area contributed by atoms with E-state index in [9.17, 15) is 20.1 Å². The summed E-state index contributed by atoms with van der Waals surface area (Å²) in [5.41, 5.74) is 5.76. The fourth-order valence-electron chi connectivity index (χ4n) is 10.3. The van der Waals surface area contributed by atoms with E-state index >= 15 is 0 Å². The zero-order valence-electron chi connectivity index (χ0n) is 49.8. The molecule has 0 unspecified atom stereocenters. The number of aromatic nitrogens is 8. The quantitative estimate of drug-likeness (QED) is 0.0756. The molecule has 4 fully saturated rings. The first-order valence-electron chi connectivity index (χ1n) is 29.0. The molecule has 0 atom stereocenters. The zero-order valence-corrected chi connectivity index (χ0v) is 49.8. The molecule has 2 aromatic carbocycles. The van der Waals surface area contributed by atoms with Gasteiger partial charge < -0.3 is 73.3 Å². The van der Waals surface area contributed by atoms with Crippen molar-refractivity contribution in [2.24, 2.45) is 0 Å². The van der Waals surface area contributed by atoms with E-state index in [1.54, 1.807) is 37.3 Å². The maximum Gasteiger partial charge on any atom is 0.373 e. The van der Waals surface area contributed by atoms with Gasteiger partial charge >= 0.3 is 5.97 Å². The Balaban J connectivity index is 0.000000176. The van der Waals surface area contributed by atoms with Gasteiger partial charge in [-0.3, -0.25) is 4.79 Å². The third-order valence-corrected chi connectivity index (χ3v) is 15.3. The highest BCUT2D eigenvalue weighted by Crippen LogP contribution is 2.34. The number of nitriles is 2. The van der Waals surface area contributed by atoms with E-state index in [2.05, 4.69) is 106 Å². The molecular formula is C62H68N18O9.